The fourth-order valence-corrected chi connectivity index (χ4v) is 10.1. The standard InChI is InChI=1S/C28H50O9S/c1-15(17(3)14-37-38(34,35)36)6-7-16(2)22-24(31)25(32)23-19-12-21(30)28(33)13-18(29)8-11-27(28,5)20(19)9-10-26(22,23)4/h15-25,29-33H,6-14H2,1-5H3,(H,34,35,36)/t15-,16-,17-,18+,19-,20+,21-,22+,23-,24-,25-,26-,27-,28+/m1/s1. The molecule has 0 heterocycles. The Hall–Kier alpha value is -0.330. The second-order valence-electron chi connectivity index (χ2n) is 14.1. The number of hydrogen-bond acceptors (Lipinski definition) is 8. The van der Waals surface area contributed by atoms with Gasteiger partial charge in [0.05, 0.1) is 36.6 Å². The first kappa shape index (κ1) is 30.6. The Kier molecular flexibility index (Phi) is 8.46. The van der Waals surface area contributed by atoms with Crippen LogP contribution < -0.4 is 0 Å². The maximum atomic E-state index is 11.7. The molecule has 0 radical (unpaired) electrons. The molecule has 4 aliphatic carbocycles. The summed E-state index contributed by atoms with van der Waals surface area (Å²) in [6.07, 6.45) is 1.60. The van der Waals surface area contributed by atoms with Crippen molar-refractivity contribution in [2.45, 2.75) is 116 Å². The predicted octanol–water partition coefficient (Wildman–Crippen LogP) is 2.54. The number of aliphatic hydroxyl groups is 5. The summed E-state index contributed by atoms with van der Waals surface area (Å²) in [6, 6.07) is 0. The Morgan fingerprint density at radius 1 is 0.947 bits per heavy atom. The third kappa shape index (κ3) is 4.99. The summed E-state index contributed by atoms with van der Waals surface area (Å²) in [5.41, 5.74) is -2.22. The van der Waals surface area contributed by atoms with Gasteiger partial charge in [-0.2, -0.15) is 8.42 Å². The smallest absolute Gasteiger partial charge is 0.393 e. The quantitative estimate of drug-likeness (QED) is 0.244. The molecule has 4 fully saturated rings. The molecule has 0 aromatic heterocycles. The van der Waals surface area contributed by atoms with E-state index in [1.165, 1.54) is 0 Å². The number of rotatable bonds is 8. The molecule has 4 rings (SSSR count). The van der Waals surface area contributed by atoms with Gasteiger partial charge < -0.3 is 25.5 Å². The lowest BCUT2D eigenvalue weighted by molar-refractivity contribution is -0.268. The molecule has 0 bridgehead atoms. The van der Waals surface area contributed by atoms with E-state index in [0.717, 1.165) is 25.7 Å². The van der Waals surface area contributed by atoms with Gasteiger partial charge in [-0.15, -0.1) is 0 Å². The van der Waals surface area contributed by atoms with E-state index >= 15 is 0 Å². The Balaban J connectivity index is 1.50. The lowest BCUT2D eigenvalue weighted by Crippen LogP contribution is -2.69. The zero-order valence-electron chi connectivity index (χ0n) is 23.5. The van der Waals surface area contributed by atoms with E-state index in [-0.39, 0.29) is 59.9 Å². The number of fused-ring (bicyclic) bond motifs is 5. The summed E-state index contributed by atoms with van der Waals surface area (Å²) in [7, 11) is -4.47. The average Bonchev–Trinajstić information content (AvgIpc) is 3.02. The maximum Gasteiger partial charge on any atom is 0.397 e. The molecule has 0 unspecified atom stereocenters. The van der Waals surface area contributed by atoms with Crippen LogP contribution in [-0.4, -0.2) is 75.1 Å². The molecule has 0 amide bonds. The van der Waals surface area contributed by atoms with Gasteiger partial charge in [0.15, 0.2) is 0 Å². The molecular formula is C28H50O9S. The van der Waals surface area contributed by atoms with Crippen molar-refractivity contribution >= 4 is 10.4 Å². The highest BCUT2D eigenvalue weighted by Crippen LogP contribution is 2.69. The van der Waals surface area contributed by atoms with E-state index in [9.17, 15) is 34.0 Å². The first-order chi connectivity index (χ1) is 17.5. The minimum Gasteiger partial charge on any atom is -0.393 e. The lowest BCUT2D eigenvalue weighted by Gasteiger charge is -2.65. The summed E-state index contributed by atoms with van der Waals surface area (Å²) in [5.74, 6) is -0.0862. The second kappa shape index (κ2) is 10.5. The van der Waals surface area contributed by atoms with Gasteiger partial charge >= 0.3 is 10.4 Å². The van der Waals surface area contributed by atoms with Gasteiger partial charge in [0.2, 0.25) is 0 Å². The molecule has 0 saturated heterocycles. The zero-order chi connectivity index (χ0) is 28.4. The Morgan fingerprint density at radius 3 is 2.24 bits per heavy atom. The fraction of sp³-hybridized carbons (Fsp3) is 1.00. The Labute approximate surface area is 227 Å². The topological polar surface area (TPSA) is 165 Å². The van der Waals surface area contributed by atoms with Crippen molar-refractivity contribution in [2.24, 2.45) is 52.3 Å². The van der Waals surface area contributed by atoms with Gasteiger partial charge in [-0.05, 0) is 78.9 Å². The summed E-state index contributed by atoms with van der Waals surface area (Å²) < 4.78 is 35.3. The van der Waals surface area contributed by atoms with Crippen molar-refractivity contribution in [2.75, 3.05) is 6.61 Å². The van der Waals surface area contributed by atoms with Gasteiger partial charge in [0.25, 0.3) is 0 Å². The van der Waals surface area contributed by atoms with E-state index in [4.69, 9.17) is 4.55 Å². The zero-order valence-corrected chi connectivity index (χ0v) is 24.3. The van der Waals surface area contributed by atoms with Gasteiger partial charge in [-0.25, -0.2) is 4.18 Å². The van der Waals surface area contributed by atoms with Crippen molar-refractivity contribution in [3.05, 3.63) is 0 Å². The maximum absolute atomic E-state index is 11.7. The SMILES string of the molecule is C[C@H](CC[C@@H](C)[C@H](C)COS(=O)(=O)O)[C@H]1[C@@H](O)[C@H](O)[C@H]2[C@@H]3C[C@@H](O)[C@@]4(O)C[C@@H](O)CC[C@]4(C)[C@H]3CC[C@]12C. The first-order valence-corrected chi connectivity index (χ1v) is 15.9. The van der Waals surface area contributed by atoms with Crippen LogP contribution in [0.5, 0.6) is 0 Å². The molecule has 6 N–H and O–H groups in total. The largest absolute Gasteiger partial charge is 0.397 e. The van der Waals surface area contributed by atoms with Gasteiger partial charge in [0, 0.05) is 11.8 Å². The molecule has 4 aliphatic rings. The van der Waals surface area contributed by atoms with Gasteiger partial charge in [-0.1, -0.05) is 47.5 Å². The fourth-order valence-electron chi connectivity index (χ4n) is 9.72. The lowest BCUT2D eigenvalue weighted by atomic mass is 9.42. The van der Waals surface area contributed by atoms with Gasteiger partial charge in [0.1, 0.15) is 0 Å². The normalized spacial score (nSPS) is 49.4. The van der Waals surface area contributed by atoms with Crippen molar-refractivity contribution in [1.29, 1.82) is 0 Å². The number of aliphatic hydroxyl groups excluding tert-OH is 4. The van der Waals surface area contributed by atoms with Crippen LogP contribution in [0.3, 0.4) is 0 Å². The molecule has 222 valence electrons. The van der Waals surface area contributed by atoms with Crippen LogP contribution in [0.15, 0.2) is 0 Å². The molecular weight excluding hydrogens is 512 g/mol. The molecule has 0 aliphatic heterocycles. The van der Waals surface area contributed by atoms with E-state index in [1.807, 2.05) is 20.8 Å². The van der Waals surface area contributed by atoms with Crippen molar-refractivity contribution < 1.29 is 42.7 Å². The molecule has 0 aromatic carbocycles. The summed E-state index contributed by atoms with van der Waals surface area (Å²) in [6.45, 7) is 10.2. The molecule has 9 nitrogen and oxygen atoms in total. The van der Waals surface area contributed by atoms with Crippen molar-refractivity contribution in [3.63, 3.8) is 0 Å². The molecule has 4 saturated carbocycles. The molecule has 0 aromatic rings. The second-order valence-corrected chi connectivity index (χ2v) is 15.2. The van der Waals surface area contributed by atoms with Gasteiger partial charge in [-0.3, -0.25) is 4.55 Å². The van der Waals surface area contributed by atoms with E-state index in [1.54, 1.807) is 0 Å². The summed E-state index contributed by atoms with van der Waals surface area (Å²) in [4.78, 5) is 0. The van der Waals surface area contributed by atoms with E-state index < -0.39 is 45.8 Å². The van der Waals surface area contributed by atoms with E-state index in [2.05, 4.69) is 18.0 Å². The minimum atomic E-state index is -4.47. The molecule has 14 atom stereocenters. The Morgan fingerprint density at radius 2 is 1.61 bits per heavy atom. The third-order valence-corrected chi connectivity index (χ3v) is 12.6. The Bertz CT molecular complexity index is 960. The highest BCUT2D eigenvalue weighted by atomic mass is 32.3. The molecule has 38 heavy (non-hydrogen) atoms. The first-order valence-electron chi connectivity index (χ1n) is 14.5. The van der Waals surface area contributed by atoms with Crippen LogP contribution in [0.1, 0.15) is 86.0 Å². The molecule has 10 heteroatoms. The minimum absolute atomic E-state index is 0.0253. The summed E-state index contributed by atoms with van der Waals surface area (Å²) in [5, 5.41) is 56.1. The monoisotopic (exact) mass is 562 g/mol. The third-order valence-electron chi connectivity index (χ3n) is 12.1. The number of hydrogen-bond donors (Lipinski definition) is 6. The van der Waals surface area contributed by atoms with Crippen molar-refractivity contribution in [1.82, 2.24) is 0 Å². The van der Waals surface area contributed by atoms with Crippen LogP contribution in [0.4, 0.5) is 0 Å². The average molecular weight is 563 g/mol. The molecule has 0 spiro atoms. The van der Waals surface area contributed by atoms with E-state index in [0.29, 0.717) is 19.3 Å². The predicted molar refractivity (Wildman–Crippen MR) is 141 cm³/mol. The van der Waals surface area contributed by atoms with Crippen LogP contribution in [-0.2, 0) is 14.6 Å². The van der Waals surface area contributed by atoms with Crippen LogP contribution in [0, 0.1) is 52.3 Å². The van der Waals surface area contributed by atoms with Crippen LogP contribution >= 0.6 is 0 Å². The van der Waals surface area contributed by atoms with Crippen LogP contribution in [0.25, 0.3) is 0 Å². The van der Waals surface area contributed by atoms with Crippen molar-refractivity contribution in [3.8, 4) is 0 Å². The van der Waals surface area contributed by atoms with Crippen LogP contribution in [0.2, 0.25) is 0 Å². The highest BCUT2D eigenvalue weighted by Gasteiger charge is 2.70. The highest BCUT2D eigenvalue weighted by molar-refractivity contribution is 7.80. The summed E-state index contributed by atoms with van der Waals surface area (Å²) >= 11 is 0.